The molecule has 0 saturated heterocycles. The van der Waals surface area contributed by atoms with Gasteiger partial charge in [0.15, 0.2) is 0 Å². The first-order chi connectivity index (χ1) is 17.9. The molecule has 0 aliphatic heterocycles. The number of benzene rings is 3. The molecule has 1 nitrogen and oxygen atoms in total. The van der Waals surface area contributed by atoms with Crippen molar-refractivity contribution in [2.24, 2.45) is 0 Å². The van der Waals surface area contributed by atoms with Crippen molar-refractivity contribution in [2.45, 2.75) is 26.2 Å². The summed E-state index contributed by atoms with van der Waals surface area (Å²) in [4.78, 5) is 0. The topological polar surface area (TPSA) is 4.93 Å². The van der Waals surface area contributed by atoms with Crippen LogP contribution in [0, 0.1) is 0 Å². The van der Waals surface area contributed by atoms with Gasteiger partial charge in [0.25, 0.3) is 0 Å². The van der Waals surface area contributed by atoms with E-state index in [0.717, 1.165) is 4.57 Å². The summed E-state index contributed by atoms with van der Waals surface area (Å²) in [6.07, 6.45) is -0.365. The third-order valence-electron chi connectivity index (χ3n) is 3.70. The van der Waals surface area contributed by atoms with Crippen molar-refractivity contribution in [3.63, 3.8) is 0 Å². The molecule has 0 radical (unpaired) electrons. The number of aromatic nitrogens is 1. The molecule has 0 saturated carbocycles. The number of rotatable bonds is 2. The lowest BCUT2D eigenvalue weighted by Gasteiger charge is -2.17. The van der Waals surface area contributed by atoms with Gasteiger partial charge in [0, 0.05) is 17.2 Å². The molecular weight excluding hydrogens is 302 g/mol. The van der Waals surface area contributed by atoms with E-state index in [1.807, 2.05) is 0 Å². The quantitative estimate of drug-likeness (QED) is 0.388. The SMILES string of the molecule is [2H]c1c([2H])c([2H])c(-c2c([2H])c([2H])c3c(c2[2H])c(C(C)(C)C)c([2H])n3-c2c([2H])c([2H])c([2H])c([2H])c2[2H])c([2H])c1[2H]. The van der Waals surface area contributed by atoms with Crippen molar-refractivity contribution >= 4 is 10.9 Å². The van der Waals surface area contributed by atoms with Gasteiger partial charge < -0.3 is 4.57 Å². The van der Waals surface area contributed by atoms with Gasteiger partial charge in [-0.15, -0.1) is 0 Å². The Balaban J connectivity index is 2.34. The van der Waals surface area contributed by atoms with Gasteiger partial charge in [-0.05, 0) is 46.3 Å². The van der Waals surface area contributed by atoms with Crippen molar-refractivity contribution in [1.82, 2.24) is 4.57 Å². The molecule has 4 rings (SSSR count). The van der Waals surface area contributed by atoms with Crippen molar-refractivity contribution < 1.29 is 19.2 Å². The summed E-state index contributed by atoms with van der Waals surface area (Å²) in [7, 11) is 0. The summed E-state index contributed by atoms with van der Waals surface area (Å²) in [6, 6.07) is -8.32. The zero-order chi connectivity index (χ0) is 29.6. The Bertz CT molecular complexity index is 1670. The van der Waals surface area contributed by atoms with Gasteiger partial charge in [0.05, 0.1) is 24.7 Å². The van der Waals surface area contributed by atoms with E-state index in [2.05, 4.69) is 0 Å². The molecule has 1 aromatic heterocycles. The van der Waals surface area contributed by atoms with E-state index in [-0.39, 0.29) is 22.6 Å². The number of para-hydroxylation sites is 1. The Morgan fingerprint density at radius 1 is 0.760 bits per heavy atom. The summed E-state index contributed by atoms with van der Waals surface area (Å²) in [5, 5.41) is -0.0536. The third kappa shape index (κ3) is 2.87. The monoisotopic (exact) mass is 339 g/mol. The molecule has 0 amide bonds. The van der Waals surface area contributed by atoms with Crippen molar-refractivity contribution in [3.05, 3.63) is 90.3 Å². The summed E-state index contributed by atoms with van der Waals surface area (Å²) < 4.78 is 118. The summed E-state index contributed by atoms with van der Waals surface area (Å²) in [5.41, 5.74) is -2.21. The second-order valence-electron chi connectivity index (χ2n) is 6.52. The Morgan fingerprint density at radius 2 is 1.40 bits per heavy atom. The summed E-state index contributed by atoms with van der Waals surface area (Å²) in [6.45, 7) is 5.15. The molecule has 0 bridgehead atoms. The summed E-state index contributed by atoms with van der Waals surface area (Å²) in [5.74, 6) is 0. The van der Waals surface area contributed by atoms with E-state index in [1.54, 1.807) is 20.8 Å². The molecule has 124 valence electrons. The Hall–Kier alpha value is -2.80. The fourth-order valence-electron chi connectivity index (χ4n) is 2.54. The minimum absolute atomic E-state index is 0.0536. The van der Waals surface area contributed by atoms with Gasteiger partial charge in [-0.1, -0.05) is 75.2 Å². The molecule has 0 spiro atoms. The number of hydrogen-bond donors (Lipinski definition) is 0. The molecule has 0 unspecified atom stereocenters. The molecule has 25 heavy (non-hydrogen) atoms. The van der Waals surface area contributed by atoms with Crippen molar-refractivity contribution in [2.75, 3.05) is 0 Å². The Labute approximate surface area is 169 Å². The molecule has 0 N–H and O–H groups in total. The van der Waals surface area contributed by atoms with Crippen LogP contribution >= 0.6 is 0 Å². The number of hydrogen-bond acceptors (Lipinski definition) is 0. The first-order valence-electron chi connectivity index (χ1n) is 14.7. The second kappa shape index (κ2) is 5.93. The van der Waals surface area contributed by atoms with Gasteiger partial charge in [-0.2, -0.15) is 0 Å². The van der Waals surface area contributed by atoms with Gasteiger partial charge in [0.1, 0.15) is 0 Å². The second-order valence-corrected chi connectivity index (χ2v) is 6.52. The molecular formula is C24H23N. The molecule has 1 heteroatoms. The van der Waals surface area contributed by atoms with E-state index in [0.29, 0.717) is 0 Å². The highest BCUT2D eigenvalue weighted by atomic mass is 15.0. The highest BCUT2D eigenvalue weighted by molar-refractivity contribution is 5.90. The normalized spacial score (nSPS) is 19.6. The van der Waals surface area contributed by atoms with Crippen LogP contribution in [-0.2, 0) is 5.41 Å². The number of nitrogens with zero attached hydrogens (tertiary/aromatic N) is 1. The fraction of sp³-hybridized carbons (Fsp3) is 0.167. The minimum Gasteiger partial charge on any atom is -0.316 e. The van der Waals surface area contributed by atoms with Gasteiger partial charge in [-0.3, -0.25) is 0 Å². The lowest BCUT2D eigenvalue weighted by Crippen LogP contribution is -2.10. The van der Waals surface area contributed by atoms with E-state index in [1.165, 1.54) is 0 Å². The van der Waals surface area contributed by atoms with Crippen LogP contribution in [0.2, 0.25) is 0 Å². The fourth-order valence-corrected chi connectivity index (χ4v) is 2.54. The standard InChI is InChI=1S/C24H23N/c1-24(2,3)22-17-25(20-12-8-5-9-13-20)23-15-14-19(16-21(22)23)18-10-6-4-7-11-18/h4-17H,1-3H3/i4D,5D,6D,7D,8D,9D,10D,11D,12D,13D,14D,15D,16D,17D. The first kappa shape index (κ1) is 6.49. The van der Waals surface area contributed by atoms with E-state index in [4.69, 9.17) is 19.2 Å². The smallest absolute Gasteiger partial charge is 0.0826 e. The van der Waals surface area contributed by atoms with Crippen LogP contribution in [0.5, 0.6) is 0 Å². The van der Waals surface area contributed by atoms with Crippen LogP contribution < -0.4 is 0 Å². The average molecular weight is 340 g/mol. The average Bonchev–Trinajstić information content (AvgIpc) is 3.18. The van der Waals surface area contributed by atoms with Gasteiger partial charge >= 0.3 is 0 Å². The van der Waals surface area contributed by atoms with E-state index >= 15 is 0 Å². The van der Waals surface area contributed by atoms with Crippen LogP contribution in [0.3, 0.4) is 0 Å². The molecule has 0 fully saturated rings. The molecule has 3 aromatic carbocycles. The lowest BCUT2D eigenvalue weighted by atomic mass is 9.86. The van der Waals surface area contributed by atoms with Crippen LogP contribution in [0.25, 0.3) is 27.7 Å². The van der Waals surface area contributed by atoms with Crippen LogP contribution in [0.15, 0.2) is 84.7 Å². The van der Waals surface area contributed by atoms with E-state index < -0.39 is 101 Å². The number of fused-ring (bicyclic) bond motifs is 1. The van der Waals surface area contributed by atoms with Crippen LogP contribution in [0.4, 0.5) is 0 Å². The van der Waals surface area contributed by atoms with Crippen LogP contribution in [0.1, 0.15) is 45.5 Å². The Kier molecular flexibility index (Phi) is 1.54. The van der Waals surface area contributed by atoms with Crippen molar-refractivity contribution in [1.29, 1.82) is 0 Å². The third-order valence-corrected chi connectivity index (χ3v) is 3.70. The van der Waals surface area contributed by atoms with Gasteiger partial charge in [0.2, 0.25) is 0 Å². The maximum Gasteiger partial charge on any atom is 0.0826 e. The molecule has 0 aliphatic rings. The molecule has 0 atom stereocenters. The largest absolute Gasteiger partial charge is 0.316 e. The lowest BCUT2D eigenvalue weighted by molar-refractivity contribution is 0.594. The predicted octanol–water partition coefficient (Wildman–Crippen LogP) is 6.60. The first-order valence-corrected chi connectivity index (χ1v) is 7.67. The minimum atomic E-state index is -0.892. The maximum atomic E-state index is 9.09. The predicted molar refractivity (Wildman–Crippen MR) is 107 cm³/mol. The summed E-state index contributed by atoms with van der Waals surface area (Å²) >= 11 is 0. The molecule has 1 heterocycles. The molecule has 0 aliphatic carbocycles. The zero-order valence-electron chi connectivity index (χ0n) is 27.9. The maximum absolute atomic E-state index is 9.09. The Morgan fingerprint density at radius 3 is 2.04 bits per heavy atom. The highest BCUT2D eigenvalue weighted by Crippen LogP contribution is 2.35. The van der Waals surface area contributed by atoms with E-state index in [9.17, 15) is 0 Å². The zero-order valence-corrected chi connectivity index (χ0v) is 13.9. The molecule has 4 aromatic rings. The van der Waals surface area contributed by atoms with Gasteiger partial charge in [-0.25, -0.2) is 0 Å². The highest BCUT2D eigenvalue weighted by Gasteiger charge is 2.21. The van der Waals surface area contributed by atoms with Crippen molar-refractivity contribution in [3.8, 4) is 16.8 Å². The van der Waals surface area contributed by atoms with Crippen LogP contribution in [-0.4, -0.2) is 4.57 Å².